The highest BCUT2D eigenvalue weighted by Gasteiger charge is 2.38. The summed E-state index contributed by atoms with van der Waals surface area (Å²) in [5.41, 5.74) is 1.68. The Balaban J connectivity index is 1.81. The topological polar surface area (TPSA) is 92.9 Å². The summed E-state index contributed by atoms with van der Waals surface area (Å²) in [5, 5.41) is 16.2. The zero-order valence-electron chi connectivity index (χ0n) is 15.6. The average molecular weight is 442 g/mol. The van der Waals surface area contributed by atoms with Crippen molar-refractivity contribution in [1.82, 2.24) is 4.41 Å². The molecule has 3 aromatic carbocycles. The largest absolute Gasteiger partial charge is 0.279 e. The number of nitrogens with zero attached hydrogens (tertiary/aromatic N) is 3. The number of hydrogen-bond donors (Lipinski definition) is 0. The van der Waals surface area contributed by atoms with E-state index in [1.54, 1.807) is 54.6 Å². The van der Waals surface area contributed by atoms with Crippen LogP contribution in [0, 0.1) is 10.1 Å². The Morgan fingerprint density at radius 1 is 1.00 bits per heavy atom. The summed E-state index contributed by atoms with van der Waals surface area (Å²) < 4.78 is 27.7. The molecule has 0 amide bonds. The minimum Gasteiger partial charge on any atom is -0.258 e. The Bertz CT molecular complexity index is 1230. The van der Waals surface area contributed by atoms with Crippen molar-refractivity contribution in [2.24, 2.45) is 5.10 Å². The number of nitro benzene ring substituents is 1. The molecule has 1 atom stereocenters. The van der Waals surface area contributed by atoms with Gasteiger partial charge in [-0.25, -0.2) is 0 Å². The summed E-state index contributed by atoms with van der Waals surface area (Å²) in [7, 11) is -3.97. The molecule has 152 valence electrons. The molecule has 30 heavy (non-hydrogen) atoms. The van der Waals surface area contributed by atoms with E-state index in [0.29, 0.717) is 16.3 Å². The van der Waals surface area contributed by atoms with Gasteiger partial charge in [-0.3, -0.25) is 10.1 Å². The normalized spacial score (nSPS) is 16.4. The van der Waals surface area contributed by atoms with Crippen LogP contribution in [0.2, 0.25) is 5.02 Å². The first-order valence-electron chi connectivity index (χ1n) is 9.03. The number of hydrogen-bond acceptors (Lipinski definition) is 5. The molecule has 0 radical (unpaired) electrons. The van der Waals surface area contributed by atoms with Gasteiger partial charge in [-0.1, -0.05) is 54.1 Å². The molecule has 0 fully saturated rings. The molecule has 3 aromatic rings. The molecule has 7 nitrogen and oxygen atoms in total. The first-order chi connectivity index (χ1) is 14.4. The number of hydrazone groups is 1. The molecule has 0 aromatic heterocycles. The van der Waals surface area contributed by atoms with Crippen LogP contribution < -0.4 is 0 Å². The molecule has 0 N–H and O–H groups in total. The van der Waals surface area contributed by atoms with Gasteiger partial charge in [-0.15, -0.1) is 0 Å². The van der Waals surface area contributed by atoms with Crippen molar-refractivity contribution < 1.29 is 13.3 Å². The van der Waals surface area contributed by atoms with Crippen LogP contribution in [0.5, 0.6) is 0 Å². The summed E-state index contributed by atoms with van der Waals surface area (Å²) >= 11 is 5.96. The zero-order chi connectivity index (χ0) is 21.3. The monoisotopic (exact) mass is 441 g/mol. The Hall–Kier alpha value is -3.23. The third-order valence-corrected chi connectivity index (χ3v) is 6.75. The predicted molar refractivity (Wildman–Crippen MR) is 114 cm³/mol. The standard InChI is InChI=1S/C21H16ClN3O4S/c22-17-11-9-15(10-12-17)20-14-21(16-5-4-6-18(13-16)25(26)27)24(23-20)30(28,29)19-7-2-1-3-8-19/h1-13,21H,14H2. The van der Waals surface area contributed by atoms with Gasteiger partial charge in [0.25, 0.3) is 15.7 Å². The summed E-state index contributed by atoms with van der Waals surface area (Å²) in [6, 6.07) is 20.2. The summed E-state index contributed by atoms with van der Waals surface area (Å²) in [6.45, 7) is 0. The Morgan fingerprint density at radius 3 is 2.37 bits per heavy atom. The molecular weight excluding hydrogens is 426 g/mol. The van der Waals surface area contributed by atoms with Gasteiger partial charge in [-0.2, -0.15) is 17.9 Å². The van der Waals surface area contributed by atoms with E-state index in [0.717, 1.165) is 9.98 Å². The van der Waals surface area contributed by atoms with Crippen LogP contribution in [-0.4, -0.2) is 23.5 Å². The lowest BCUT2D eigenvalue weighted by Crippen LogP contribution is -2.27. The summed E-state index contributed by atoms with van der Waals surface area (Å²) in [6.07, 6.45) is 0.273. The van der Waals surface area contributed by atoms with Crippen LogP contribution in [0.3, 0.4) is 0 Å². The quantitative estimate of drug-likeness (QED) is 0.420. The second-order valence-corrected chi connectivity index (χ2v) is 8.95. The molecule has 0 bridgehead atoms. The lowest BCUT2D eigenvalue weighted by Gasteiger charge is -2.23. The maximum absolute atomic E-state index is 13.3. The fourth-order valence-corrected chi connectivity index (χ4v) is 4.90. The molecule has 1 aliphatic heterocycles. The van der Waals surface area contributed by atoms with Gasteiger partial charge in [0.15, 0.2) is 0 Å². The highest BCUT2D eigenvalue weighted by molar-refractivity contribution is 7.89. The summed E-state index contributed by atoms with van der Waals surface area (Å²) in [4.78, 5) is 10.8. The van der Waals surface area contributed by atoms with Crippen LogP contribution in [0.25, 0.3) is 0 Å². The third-order valence-electron chi connectivity index (χ3n) is 4.80. The SMILES string of the molecule is O=[N+]([O-])c1cccc(C2CC(c3ccc(Cl)cc3)=NN2S(=O)(=O)c2ccccc2)c1. The first-order valence-corrected chi connectivity index (χ1v) is 10.9. The number of rotatable bonds is 5. The average Bonchev–Trinajstić information content (AvgIpc) is 3.21. The lowest BCUT2D eigenvalue weighted by atomic mass is 9.99. The van der Waals surface area contributed by atoms with E-state index in [9.17, 15) is 18.5 Å². The Morgan fingerprint density at radius 2 is 1.70 bits per heavy atom. The zero-order valence-corrected chi connectivity index (χ0v) is 17.1. The fraction of sp³-hybridized carbons (Fsp3) is 0.0952. The number of halogens is 1. The lowest BCUT2D eigenvalue weighted by molar-refractivity contribution is -0.384. The van der Waals surface area contributed by atoms with Crippen LogP contribution in [0.4, 0.5) is 5.69 Å². The van der Waals surface area contributed by atoms with Gasteiger partial charge in [0.1, 0.15) is 0 Å². The number of nitro groups is 1. The Kier molecular flexibility index (Phi) is 5.27. The van der Waals surface area contributed by atoms with Crippen LogP contribution in [0.15, 0.2) is 88.9 Å². The van der Waals surface area contributed by atoms with Gasteiger partial charge in [0, 0.05) is 23.6 Å². The van der Waals surface area contributed by atoms with Crippen molar-refractivity contribution in [2.75, 3.05) is 0 Å². The summed E-state index contributed by atoms with van der Waals surface area (Å²) in [5.74, 6) is 0. The molecule has 0 saturated carbocycles. The van der Waals surface area contributed by atoms with Crippen LogP contribution in [0.1, 0.15) is 23.6 Å². The molecule has 0 spiro atoms. The van der Waals surface area contributed by atoms with E-state index < -0.39 is 21.0 Å². The maximum atomic E-state index is 13.3. The van der Waals surface area contributed by atoms with E-state index in [-0.39, 0.29) is 17.0 Å². The highest BCUT2D eigenvalue weighted by atomic mass is 35.5. The second kappa shape index (κ2) is 7.89. The van der Waals surface area contributed by atoms with Crippen molar-refractivity contribution in [3.8, 4) is 0 Å². The second-order valence-electron chi connectivity index (χ2n) is 6.72. The van der Waals surface area contributed by atoms with Crippen molar-refractivity contribution in [2.45, 2.75) is 17.4 Å². The van der Waals surface area contributed by atoms with Crippen molar-refractivity contribution >= 4 is 33.0 Å². The Labute approximate surface area is 178 Å². The molecule has 0 aliphatic carbocycles. The van der Waals surface area contributed by atoms with Crippen LogP contribution >= 0.6 is 11.6 Å². The van der Waals surface area contributed by atoms with E-state index in [1.807, 2.05) is 0 Å². The van der Waals surface area contributed by atoms with Gasteiger partial charge < -0.3 is 0 Å². The molecule has 1 aliphatic rings. The molecule has 4 rings (SSSR count). The van der Waals surface area contributed by atoms with E-state index >= 15 is 0 Å². The molecule has 1 heterocycles. The fourth-order valence-electron chi connectivity index (χ4n) is 3.32. The van der Waals surface area contributed by atoms with E-state index in [1.165, 1.54) is 24.3 Å². The third kappa shape index (κ3) is 3.79. The van der Waals surface area contributed by atoms with Crippen molar-refractivity contribution in [1.29, 1.82) is 0 Å². The van der Waals surface area contributed by atoms with Crippen LogP contribution in [-0.2, 0) is 10.0 Å². The smallest absolute Gasteiger partial charge is 0.258 e. The molecule has 1 unspecified atom stereocenters. The predicted octanol–water partition coefficient (Wildman–Crippen LogP) is 4.79. The number of sulfonamides is 1. The van der Waals surface area contributed by atoms with E-state index in [2.05, 4.69) is 5.10 Å². The van der Waals surface area contributed by atoms with E-state index in [4.69, 9.17) is 11.6 Å². The number of non-ortho nitro benzene ring substituents is 1. The minimum atomic E-state index is -3.97. The highest BCUT2D eigenvalue weighted by Crippen LogP contribution is 2.38. The van der Waals surface area contributed by atoms with Gasteiger partial charge in [0.2, 0.25) is 0 Å². The van der Waals surface area contributed by atoms with Crippen molar-refractivity contribution in [3.63, 3.8) is 0 Å². The van der Waals surface area contributed by atoms with Gasteiger partial charge in [-0.05, 0) is 35.4 Å². The van der Waals surface area contributed by atoms with Crippen molar-refractivity contribution in [3.05, 3.63) is 105 Å². The molecule has 9 heteroatoms. The molecular formula is C21H16ClN3O4S. The first kappa shape index (κ1) is 20.1. The van der Waals surface area contributed by atoms with Gasteiger partial charge >= 0.3 is 0 Å². The number of benzene rings is 3. The maximum Gasteiger partial charge on any atom is 0.279 e. The minimum absolute atomic E-state index is 0.0986. The molecule has 0 saturated heterocycles. The van der Waals surface area contributed by atoms with Gasteiger partial charge in [0.05, 0.1) is 21.6 Å².